The second-order valence-corrected chi connectivity index (χ2v) is 7.05. The van der Waals surface area contributed by atoms with Crippen LogP contribution in [0.4, 0.5) is 14.5 Å². The minimum absolute atomic E-state index is 0.176. The first kappa shape index (κ1) is 18.1. The van der Waals surface area contributed by atoms with Gasteiger partial charge in [0.15, 0.2) is 5.16 Å². The Morgan fingerprint density at radius 1 is 1.23 bits per heavy atom. The Morgan fingerprint density at radius 3 is 2.77 bits per heavy atom. The third-order valence-corrected chi connectivity index (χ3v) is 4.90. The minimum Gasteiger partial charge on any atom is -0.323 e. The van der Waals surface area contributed by atoms with E-state index in [1.54, 1.807) is 13.1 Å². The van der Waals surface area contributed by atoms with Crippen molar-refractivity contribution in [2.75, 3.05) is 5.32 Å². The van der Waals surface area contributed by atoms with E-state index < -0.39 is 22.8 Å². The van der Waals surface area contributed by atoms with E-state index in [2.05, 4.69) is 10.3 Å². The van der Waals surface area contributed by atoms with Crippen molar-refractivity contribution in [3.05, 3.63) is 72.1 Å². The fourth-order valence-electron chi connectivity index (χ4n) is 2.43. The maximum atomic E-state index is 13.7. The van der Waals surface area contributed by atoms with Crippen LogP contribution in [0.5, 0.6) is 0 Å². The number of hydrogen-bond donors (Lipinski definition) is 1. The van der Waals surface area contributed by atoms with Crippen molar-refractivity contribution in [1.29, 1.82) is 0 Å². The van der Waals surface area contributed by atoms with Gasteiger partial charge in [-0.25, -0.2) is 13.8 Å². The maximum Gasteiger partial charge on any atom is 0.237 e. The number of aryl methyl sites for hydroxylation is 1. The zero-order chi connectivity index (χ0) is 18.7. The standard InChI is InChI=1S/C19H17F2N3OS/c1-12-5-3-4-6-17(12)24-10-9-22-19(24)26-13(2)18(25)23-16-11-14(20)7-8-15(16)21/h3-11,13H,1-2H3,(H,23,25). The van der Waals surface area contributed by atoms with Crippen LogP contribution in [0, 0.1) is 18.6 Å². The molecule has 0 spiro atoms. The number of imidazole rings is 1. The van der Waals surface area contributed by atoms with Gasteiger partial charge in [0.2, 0.25) is 5.91 Å². The molecule has 26 heavy (non-hydrogen) atoms. The first-order valence-corrected chi connectivity index (χ1v) is 8.85. The van der Waals surface area contributed by atoms with Gasteiger partial charge < -0.3 is 5.32 Å². The number of nitrogens with zero attached hydrogens (tertiary/aromatic N) is 2. The summed E-state index contributed by atoms with van der Waals surface area (Å²) in [6, 6.07) is 10.8. The number of para-hydroxylation sites is 1. The largest absolute Gasteiger partial charge is 0.323 e. The van der Waals surface area contributed by atoms with Crippen molar-refractivity contribution in [3.8, 4) is 5.69 Å². The highest BCUT2D eigenvalue weighted by molar-refractivity contribution is 8.00. The van der Waals surface area contributed by atoms with Gasteiger partial charge in [0, 0.05) is 18.5 Å². The molecule has 2 aromatic carbocycles. The molecule has 0 saturated carbocycles. The van der Waals surface area contributed by atoms with E-state index in [4.69, 9.17) is 0 Å². The Morgan fingerprint density at radius 2 is 2.00 bits per heavy atom. The Bertz CT molecular complexity index is 942. The third kappa shape index (κ3) is 3.94. The summed E-state index contributed by atoms with van der Waals surface area (Å²) >= 11 is 1.24. The summed E-state index contributed by atoms with van der Waals surface area (Å²) < 4.78 is 28.8. The number of halogens is 2. The van der Waals surface area contributed by atoms with Gasteiger partial charge in [-0.3, -0.25) is 9.36 Å². The van der Waals surface area contributed by atoms with Gasteiger partial charge in [-0.2, -0.15) is 0 Å². The third-order valence-electron chi connectivity index (χ3n) is 3.82. The van der Waals surface area contributed by atoms with Crippen molar-refractivity contribution in [3.63, 3.8) is 0 Å². The number of carbonyl (C=O) groups is 1. The molecule has 3 aromatic rings. The molecule has 1 atom stereocenters. The summed E-state index contributed by atoms with van der Waals surface area (Å²) in [6.45, 7) is 3.68. The molecule has 0 bridgehead atoms. The lowest BCUT2D eigenvalue weighted by molar-refractivity contribution is -0.115. The van der Waals surface area contributed by atoms with Crippen molar-refractivity contribution in [2.45, 2.75) is 24.3 Å². The van der Waals surface area contributed by atoms with Gasteiger partial charge in [0.25, 0.3) is 0 Å². The summed E-state index contributed by atoms with van der Waals surface area (Å²) in [6.07, 6.45) is 3.48. The highest BCUT2D eigenvalue weighted by atomic mass is 32.2. The van der Waals surface area contributed by atoms with Crippen LogP contribution in [0.3, 0.4) is 0 Å². The van der Waals surface area contributed by atoms with Crippen LogP contribution >= 0.6 is 11.8 Å². The molecule has 1 heterocycles. The lowest BCUT2D eigenvalue weighted by Gasteiger charge is -2.14. The molecular weight excluding hydrogens is 356 g/mol. The molecule has 0 aliphatic heterocycles. The van der Waals surface area contributed by atoms with Gasteiger partial charge in [-0.1, -0.05) is 30.0 Å². The molecular formula is C19H17F2N3OS. The number of nitrogens with one attached hydrogen (secondary N) is 1. The lowest BCUT2D eigenvalue weighted by atomic mass is 10.2. The second kappa shape index (κ2) is 7.70. The second-order valence-electron chi connectivity index (χ2n) is 5.74. The molecule has 1 aromatic heterocycles. The van der Waals surface area contributed by atoms with E-state index in [9.17, 15) is 13.6 Å². The highest BCUT2D eigenvalue weighted by Gasteiger charge is 2.19. The van der Waals surface area contributed by atoms with Crippen molar-refractivity contribution >= 4 is 23.4 Å². The minimum atomic E-state index is -0.682. The topological polar surface area (TPSA) is 46.9 Å². The number of carbonyl (C=O) groups excluding carboxylic acids is 1. The number of hydrogen-bond acceptors (Lipinski definition) is 3. The summed E-state index contributed by atoms with van der Waals surface area (Å²) in [4.78, 5) is 16.7. The van der Waals surface area contributed by atoms with E-state index in [0.717, 1.165) is 29.4 Å². The van der Waals surface area contributed by atoms with Crippen LogP contribution in [0.15, 0.2) is 60.0 Å². The summed E-state index contributed by atoms with van der Waals surface area (Å²) in [5.74, 6) is -1.73. The first-order chi connectivity index (χ1) is 12.5. The number of rotatable bonds is 5. The molecule has 1 amide bonds. The fraction of sp³-hybridized carbons (Fsp3) is 0.158. The van der Waals surface area contributed by atoms with E-state index in [-0.39, 0.29) is 5.69 Å². The van der Waals surface area contributed by atoms with E-state index in [1.807, 2.05) is 42.0 Å². The molecule has 7 heteroatoms. The smallest absolute Gasteiger partial charge is 0.237 e. The molecule has 134 valence electrons. The summed E-state index contributed by atoms with van der Waals surface area (Å²) in [7, 11) is 0. The zero-order valence-electron chi connectivity index (χ0n) is 14.2. The molecule has 0 aliphatic carbocycles. The van der Waals surface area contributed by atoms with Crippen LogP contribution in [0.2, 0.25) is 0 Å². The van der Waals surface area contributed by atoms with Gasteiger partial charge in [-0.15, -0.1) is 0 Å². The molecule has 1 N–H and O–H groups in total. The molecule has 0 saturated heterocycles. The van der Waals surface area contributed by atoms with Gasteiger partial charge in [0.05, 0.1) is 16.6 Å². The van der Waals surface area contributed by atoms with Gasteiger partial charge in [-0.05, 0) is 37.6 Å². The number of thioether (sulfide) groups is 1. The van der Waals surface area contributed by atoms with E-state index in [1.165, 1.54) is 11.8 Å². The predicted molar refractivity (Wildman–Crippen MR) is 98.6 cm³/mol. The van der Waals surface area contributed by atoms with Crippen molar-refractivity contribution in [1.82, 2.24) is 9.55 Å². The molecule has 3 rings (SSSR count). The summed E-state index contributed by atoms with van der Waals surface area (Å²) in [5, 5.41) is 2.51. The normalized spacial score (nSPS) is 12.0. The van der Waals surface area contributed by atoms with E-state index in [0.29, 0.717) is 5.16 Å². The van der Waals surface area contributed by atoms with Crippen molar-refractivity contribution in [2.24, 2.45) is 0 Å². The van der Waals surface area contributed by atoms with Gasteiger partial charge >= 0.3 is 0 Å². The summed E-state index contributed by atoms with van der Waals surface area (Å²) in [5.41, 5.74) is 1.87. The van der Waals surface area contributed by atoms with E-state index >= 15 is 0 Å². The van der Waals surface area contributed by atoms with Crippen LogP contribution in [0.1, 0.15) is 12.5 Å². The molecule has 0 radical (unpaired) electrons. The van der Waals surface area contributed by atoms with Crippen LogP contribution < -0.4 is 5.32 Å². The lowest BCUT2D eigenvalue weighted by Crippen LogP contribution is -2.23. The number of benzene rings is 2. The van der Waals surface area contributed by atoms with Crippen LogP contribution in [0.25, 0.3) is 5.69 Å². The monoisotopic (exact) mass is 373 g/mol. The Labute approximate surface area is 154 Å². The number of anilines is 1. The fourth-order valence-corrected chi connectivity index (χ4v) is 3.31. The number of amides is 1. The average Bonchev–Trinajstić information content (AvgIpc) is 3.06. The molecule has 0 fully saturated rings. The first-order valence-electron chi connectivity index (χ1n) is 7.97. The van der Waals surface area contributed by atoms with Crippen LogP contribution in [-0.4, -0.2) is 20.7 Å². The van der Waals surface area contributed by atoms with Crippen molar-refractivity contribution < 1.29 is 13.6 Å². The predicted octanol–water partition coefficient (Wildman–Crippen LogP) is 4.58. The molecule has 0 aliphatic rings. The quantitative estimate of drug-likeness (QED) is 0.666. The Balaban J connectivity index is 1.76. The number of aromatic nitrogens is 2. The maximum absolute atomic E-state index is 13.7. The molecule has 4 nitrogen and oxygen atoms in total. The average molecular weight is 373 g/mol. The highest BCUT2D eigenvalue weighted by Crippen LogP contribution is 2.27. The van der Waals surface area contributed by atoms with Gasteiger partial charge in [0.1, 0.15) is 11.6 Å². The Kier molecular flexibility index (Phi) is 5.37. The molecule has 1 unspecified atom stereocenters. The zero-order valence-corrected chi connectivity index (χ0v) is 15.1. The SMILES string of the molecule is Cc1ccccc1-n1ccnc1SC(C)C(=O)Nc1cc(F)ccc1F. The van der Waals surface area contributed by atoms with Crippen LogP contribution in [-0.2, 0) is 4.79 Å². The Hall–Kier alpha value is -2.67.